The van der Waals surface area contributed by atoms with E-state index in [1.165, 1.54) is 11.1 Å². The zero-order valence-corrected chi connectivity index (χ0v) is 11.8. The first-order valence-electron chi connectivity index (χ1n) is 7.34. The van der Waals surface area contributed by atoms with Gasteiger partial charge in [-0.05, 0) is 23.8 Å². The second kappa shape index (κ2) is 5.23. The maximum absolute atomic E-state index is 6.11. The Morgan fingerprint density at radius 1 is 0.857 bits per heavy atom. The Hall–Kier alpha value is -2.32. The molecule has 2 aromatic carbocycles. The highest BCUT2D eigenvalue weighted by Gasteiger charge is 2.18. The van der Waals surface area contributed by atoms with Crippen LogP contribution in [-0.4, -0.2) is 24.5 Å². The monoisotopic (exact) mass is 275 g/mol. The molecule has 104 valence electrons. The van der Waals surface area contributed by atoms with E-state index < -0.39 is 0 Å². The first-order chi connectivity index (χ1) is 10.4. The fourth-order valence-corrected chi connectivity index (χ4v) is 2.92. The van der Waals surface area contributed by atoms with E-state index in [9.17, 15) is 0 Å². The van der Waals surface area contributed by atoms with Crippen LogP contribution in [0.2, 0.25) is 0 Å². The van der Waals surface area contributed by atoms with Crippen molar-refractivity contribution in [2.45, 2.75) is 0 Å². The van der Waals surface area contributed by atoms with Crippen LogP contribution >= 0.6 is 0 Å². The number of hydrogen-bond donors (Lipinski definition) is 0. The summed E-state index contributed by atoms with van der Waals surface area (Å²) in [6, 6.07) is 16.5. The standard InChI is InChI=1S/C19H17NO/c1-3-9-18-15(7-1)13-16(14-20-11-5-6-12-20)17-8-2-4-10-19(17)21-18/h1-10,13H,11-12,14H2. The third-order valence-electron chi connectivity index (χ3n) is 3.99. The average molecular weight is 275 g/mol. The number of benzene rings is 2. The van der Waals surface area contributed by atoms with E-state index in [-0.39, 0.29) is 0 Å². The molecule has 0 amide bonds. The zero-order valence-electron chi connectivity index (χ0n) is 11.8. The fraction of sp³-hybridized carbons (Fsp3) is 0.158. The highest BCUT2D eigenvalue weighted by Crippen LogP contribution is 2.38. The molecule has 21 heavy (non-hydrogen) atoms. The number of fused-ring (bicyclic) bond motifs is 2. The van der Waals surface area contributed by atoms with Crippen molar-refractivity contribution in [1.82, 2.24) is 4.90 Å². The van der Waals surface area contributed by atoms with Crippen LogP contribution in [-0.2, 0) is 0 Å². The summed E-state index contributed by atoms with van der Waals surface area (Å²) in [5, 5.41) is 0. The van der Waals surface area contributed by atoms with Crippen molar-refractivity contribution in [2.24, 2.45) is 0 Å². The van der Waals surface area contributed by atoms with Crippen molar-refractivity contribution in [2.75, 3.05) is 19.6 Å². The number of ether oxygens (including phenoxy) is 1. The Labute approximate surface area is 125 Å². The lowest BCUT2D eigenvalue weighted by molar-refractivity contribution is 0.398. The molecule has 2 nitrogen and oxygen atoms in total. The second-order valence-corrected chi connectivity index (χ2v) is 5.47. The molecule has 2 aliphatic heterocycles. The molecule has 0 aromatic heterocycles. The summed E-state index contributed by atoms with van der Waals surface area (Å²) in [6.07, 6.45) is 6.72. The maximum Gasteiger partial charge on any atom is 0.135 e. The van der Waals surface area contributed by atoms with Crippen molar-refractivity contribution in [1.29, 1.82) is 0 Å². The predicted octanol–water partition coefficient (Wildman–Crippen LogP) is 4.20. The fourth-order valence-electron chi connectivity index (χ4n) is 2.92. The number of hydrogen-bond acceptors (Lipinski definition) is 2. The van der Waals surface area contributed by atoms with Crippen LogP contribution in [0.4, 0.5) is 0 Å². The van der Waals surface area contributed by atoms with Crippen molar-refractivity contribution < 1.29 is 4.74 Å². The smallest absolute Gasteiger partial charge is 0.135 e. The molecule has 2 aromatic rings. The topological polar surface area (TPSA) is 12.5 Å². The molecule has 2 heterocycles. The molecule has 4 rings (SSSR count). The van der Waals surface area contributed by atoms with Crippen molar-refractivity contribution in [3.8, 4) is 11.5 Å². The zero-order chi connectivity index (χ0) is 14.1. The van der Waals surface area contributed by atoms with Gasteiger partial charge in [0.1, 0.15) is 11.5 Å². The molecule has 0 spiro atoms. The van der Waals surface area contributed by atoms with Gasteiger partial charge in [0.2, 0.25) is 0 Å². The van der Waals surface area contributed by atoms with E-state index in [1.807, 2.05) is 24.3 Å². The van der Waals surface area contributed by atoms with Crippen LogP contribution in [0.5, 0.6) is 11.5 Å². The van der Waals surface area contributed by atoms with Crippen LogP contribution < -0.4 is 4.74 Å². The van der Waals surface area contributed by atoms with Crippen molar-refractivity contribution >= 4 is 11.6 Å². The van der Waals surface area contributed by atoms with Crippen LogP contribution in [0.15, 0.2) is 60.7 Å². The highest BCUT2D eigenvalue weighted by atomic mass is 16.5. The number of nitrogens with zero attached hydrogens (tertiary/aromatic N) is 1. The van der Waals surface area contributed by atoms with Gasteiger partial charge >= 0.3 is 0 Å². The molecule has 0 unspecified atom stereocenters. The summed E-state index contributed by atoms with van der Waals surface area (Å²) in [5.41, 5.74) is 3.66. The molecule has 0 aliphatic carbocycles. The Morgan fingerprint density at radius 2 is 1.57 bits per heavy atom. The molecule has 0 N–H and O–H groups in total. The molecular formula is C19H17NO. The SMILES string of the molecule is C1=CCN(CC2=Cc3ccccc3Oc3ccccc32)C1. The van der Waals surface area contributed by atoms with Gasteiger partial charge in [0.05, 0.1) is 0 Å². The largest absolute Gasteiger partial charge is 0.456 e. The van der Waals surface area contributed by atoms with E-state index >= 15 is 0 Å². The van der Waals surface area contributed by atoms with Crippen LogP contribution in [0.3, 0.4) is 0 Å². The van der Waals surface area contributed by atoms with Crippen molar-refractivity contribution in [3.63, 3.8) is 0 Å². The Morgan fingerprint density at radius 3 is 2.43 bits per heavy atom. The van der Waals surface area contributed by atoms with E-state index in [2.05, 4.69) is 47.4 Å². The Kier molecular flexibility index (Phi) is 3.09. The van der Waals surface area contributed by atoms with Gasteiger partial charge in [-0.3, -0.25) is 4.90 Å². The molecule has 2 aliphatic rings. The number of rotatable bonds is 2. The van der Waals surface area contributed by atoms with Crippen LogP contribution in [0.1, 0.15) is 11.1 Å². The quantitative estimate of drug-likeness (QED) is 0.761. The van der Waals surface area contributed by atoms with Gasteiger partial charge in [-0.1, -0.05) is 48.6 Å². The minimum atomic E-state index is 0.930. The lowest BCUT2D eigenvalue weighted by Gasteiger charge is -2.18. The Balaban J connectivity index is 1.79. The van der Waals surface area contributed by atoms with Gasteiger partial charge in [0.15, 0.2) is 0 Å². The van der Waals surface area contributed by atoms with E-state index in [1.54, 1.807) is 0 Å². The summed E-state index contributed by atoms with van der Waals surface area (Å²) in [4.78, 5) is 2.43. The van der Waals surface area contributed by atoms with Gasteiger partial charge in [0.25, 0.3) is 0 Å². The summed E-state index contributed by atoms with van der Waals surface area (Å²) in [7, 11) is 0. The maximum atomic E-state index is 6.11. The number of para-hydroxylation sites is 2. The van der Waals surface area contributed by atoms with E-state index in [0.717, 1.165) is 36.7 Å². The lowest BCUT2D eigenvalue weighted by atomic mass is 10.0. The van der Waals surface area contributed by atoms with Gasteiger partial charge < -0.3 is 4.74 Å². The van der Waals surface area contributed by atoms with Gasteiger partial charge in [-0.2, -0.15) is 0 Å². The van der Waals surface area contributed by atoms with Gasteiger partial charge in [-0.25, -0.2) is 0 Å². The van der Waals surface area contributed by atoms with Gasteiger partial charge in [-0.15, -0.1) is 0 Å². The summed E-state index contributed by atoms with van der Waals surface area (Å²) in [6.45, 7) is 3.01. The molecular weight excluding hydrogens is 258 g/mol. The molecule has 0 fully saturated rings. The van der Waals surface area contributed by atoms with Gasteiger partial charge in [0, 0.05) is 30.8 Å². The molecule has 0 saturated carbocycles. The molecule has 0 bridgehead atoms. The van der Waals surface area contributed by atoms with E-state index in [0.29, 0.717) is 0 Å². The van der Waals surface area contributed by atoms with Crippen LogP contribution in [0.25, 0.3) is 11.6 Å². The average Bonchev–Trinajstić information content (AvgIpc) is 2.96. The van der Waals surface area contributed by atoms with Crippen LogP contribution in [0, 0.1) is 0 Å². The molecule has 0 atom stereocenters. The predicted molar refractivity (Wildman–Crippen MR) is 86.4 cm³/mol. The summed E-state index contributed by atoms with van der Waals surface area (Å²) >= 11 is 0. The van der Waals surface area contributed by atoms with Crippen molar-refractivity contribution in [3.05, 3.63) is 71.8 Å². The lowest BCUT2D eigenvalue weighted by Crippen LogP contribution is -2.22. The Bertz CT molecular complexity index is 722. The summed E-state index contributed by atoms with van der Waals surface area (Å²) in [5.74, 6) is 1.88. The molecule has 2 heteroatoms. The first kappa shape index (κ1) is 12.4. The second-order valence-electron chi connectivity index (χ2n) is 5.47. The third-order valence-corrected chi connectivity index (χ3v) is 3.99. The minimum Gasteiger partial charge on any atom is -0.456 e. The first-order valence-corrected chi connectivity index (χ1v) is 7.34. The molecule has 0 saturated heterocycles. The summed E-state index contributed by atoms with van der Waals surface area (Å²) < 4.78 is 6.11. The molecule has 0 radical (unpaired) electrons. The third kappa shape index (κ3) is 2.39. The normalized spacial score (nSPS) is 16.7. The highest BCUT2D eigenvalue weighted by molar-refractivity contribution is 5.88. The van der Waals surface area contributed by atoms with E-state index in [4.69, 9.17) is 4.74 Å². The minimum absolute atomic E-state index is 0.930.